The first kappa shape index (κ1) is 15.8. The highest BCUT2D eigenvalue weighted by molar-refractivity contribution is 8.13. The van der Waals surface area contributed by atoms with Crippen molar-refractivity contribution in [1.82, 2.24) is 0 Å². The first-order valence-corrected chi connectivity index (χ1v) is 7.59. The maximum Gasteiger partial charge on any atom is 0.225 e. The largest absolute Gasteiger partial charge is 0.390 e. The SMILES string of the molecule is C[C@@H](O)[C@H](OCc1ccccc1)C(=O)Sc1ccccc1. The number of aliphatic hydroxyl groups is 1. The summed E-state index contributed by atoms with van der Waals surface area (Å²) in [6, 6.07) is 19.0. The van der Waals surface area contributed by atoms with E-state index in [0.717, 1.165) is 22.2 Å². The molecule has 0 unspecified atom stereocenters. The summed E-state index contributed by atoms with van der Waals surface area (Å²) in [6.07, 6.45) is -1.69. The molecule has 2 aromatic carbocycles. The lowest BCUT2D eigenvalue weighted by molar-refractivity contribution is -0.129. The summed E-state index contributed by atoms with van der Waals surface area (Å²) in [5.41, 5.74) is 0.973. The molecule has 0 heterocycles. The zero-order valence-corrected chi connectivity index (χ0v) is 12.6. The summed E-state index contributed by atoms with van der Waals surface area (Å²) >= 11 is 1.09. The molecular weight excluding hydrogens is 284 g/mol. The van der Waals surface area contributed by atoms with Crippen molar-refractivity contribution in [3.63, 3.8) is 0 Å². The van der Waals surface area contributed by atoms with Gasteiger partial charge in [-0.2, -0.15) is 0 Å². The summed E-state index contributed by atoms with van der Waals surface area (Å²) in [7, 11) is 0. The average Bonchev–Trinajstić information content (AvgIpc) is 2.49. The lowest BCUT2D eigenvalue weighted by Crippen LogP contribution is -2.32. The highest BCUT2D eigenvalue weighted by Gasteiger charge is 2.25. The van der Waals surface area contributed by atoms with Crippen LogP contribution in [-0.4, -0.2) is 22.4 Å². The molecule has 0 saturated heterocycles. The number of hydrogen-bond donors (Lipinski definition) is 1. The third-order valence-corrected chi connectivity index (χ3v) is 3.85. The van der Waals surface area contributed by atoms with Gasteiger partial charge in [-0.3, -0.25) is 4.79 Å². The number of thioether (sulfide) groups is 1. The lowest BCUT2D eigenvalue weighted by Gasteiger charge is -2.19. The molecule has 2 aromatic rings. The molecule has 4 heteroatoms. The van der Waals surface area contributed by atoms with Crippen LogP contribution in [0.25, 0.3) is 0 Å². The molecule has 0 aliphatic carbocycles. The normalized spacial score (nSPS) is 13.6. The molecule has 0 aliphatic rings. The molecule has 21 heavy (non-hydrogen) atoms. The Morgan fingerprint density at radius 3 is 2.24 bits per heavy atom. The molecule has 2 rings (SSSR count). The topological polar surface area (TPSA) is 46.5 Å². The standard InChI is InChI=1S/C17H18O3S/c1-13(18)16(20-12-14-8-4-2-5-9-14)17(19)21-15-10-6-3-7-11-15/h2-11,13,16,18H,12H2,1H3/t13-,16+/m1/s1. The van der Waals surface area contributed by atoms with Gasteiger partial charge in [-0.15, -0.1) is 0 Å². The monoisotopic (exact) mass is 302 g/mol. The Labute approximate surface area is 129 Å². The quantitative estimate of drug-likeness (QED) is 0.832. The third kappa shape index (κ3) is 5.01. The molecule has 0 aliphatic heterocycles. The van der Waals surface area contributed by atoms with Gasteiger partial charge in [0, 0.05) is 4.90 Å². The van der Waals surface area contributed by atoms with E-state index >= 15 is 0 Å². The van der Waals surface area contributed by atoms with Gasteiger partial charge in [0.15, 0.2) is 6.10 Å². The average molecular weight is 302 g/mol. The molecule has 0 fully saturated rings. The van der Waals surface area contributed by atoms with Crippen molar-refractivity contribution < 1.29 is 14.6 Å². The molecule has 2 atom stereocenters. The predicted octanol–water partition coefficient (Wildman–Crippen LogP) is 3.27. The van der Waals surface area contributed by atoms with Crippen LogP contribution in [-0.2, 0) is 16.1 Å². The molecule has 110 valence electrons. The zero-order chi connectivity index (χ0) is 15.1. The van der Waals surface area contributed by atoms with Crippen LogP contribution < -0.4 is 0 Å². The van der Waals surface area contributed by atoms with Crippen LogP contribution in [0.3, 0.4) is 0 Å². The first-order chi connectivity index (χ1) is 10.2. The van der Waals surface area contributed by atoms with E-state index < -0.39 is 12.2 Å². The fourth-order valence-corrected chi connectivity index (χ4v) is 2.73. The van der Waals surface area contributed by atoms with Crippen molar-refractivity contribution >= 4 is 16.9 Å². The van der Waals surface area contributed by atoms with E-state index in [2.05, 4.69) is 0 Å². The second-order valence-corrected chi connectivity index (χ2v) is 5.77. The molecule has 1 N–H and O–H groups in total. The summed E-state index contributed by atoms with van der Waals surface area (Å²) in [6.45, 7) is 1.87. The van der Waals surface area contributed by atoms with E-state index in [4.69, 9.17) is 4.74 Å². The molecule has 0 saturated carbocycles. The number of carbonyl (C=O) groups excluding carboxylic acids is 1. The van der Waals surface area contributed by atoms with E-state index in [-0.39, 0.29) is 5.12 Å². The Kier molecular flexibility index (Phi) is 5.99. The van der Waals surface area contributed by atoms with Crippen molar-refractivity contribution in [3.8, 4) is 0 Å². The zero-order valence-electron chi connectivity index (χ0n) is 11.8. The summed E-state index contributed by atoms with van der Waals surface area (Å²) in [5.74, 6) is 0. The summed E-state index contributed by atoms with van der Waals surface area (Å²) < 4.78 is 5.60. The molecular formula is C17H18O3S. The molecule has 0 aromatic heterocycles. The number of aliphatic hydroxyl groups excluding tert-OH is 1. The van der Waals surface area contributed by atoms with Gasteiger partial charge < -0.3 is 9.84 Å². The van der Waals surface area contributed by atoms with Crippen LogP contribution >= 0.6 is 11.8 Å². The summed E-state index contributed by atoms with van der Waals surface area (Å²) in [5, 5.41) is 9.59. The van der Waals surface area contributed by atoms with Crippen molar-refractivity contribution in [3.05, 3.63) is 66.2 Å². The Morgan fingerprint density at radius 1 is 1.10 bits per heavy atom. The Hall–Kier alpha value is -1.62. The number of rotatable bonds is 6. The second kappa shape index (κ2) is 7.98. The summed E-state index contributed by atoms with van der Waals surface area (Å²) in [4.78, 5) is 13.1. The fraction of sp³-hybridized carbons (Fsp3) is 0.235. The van der Waals surface area contributed by atoms with E-state index in [9.17, 15) is 9.90 Å². The molecule has 0 amide bonds. The molecule has 3 nitrogen and oxygen atoms in total. The predicted molar refractivity (Wildman–Crippen MR) is 84.0 cm³/mol. The van der Waals surface area contributed by atoms with Crippen molar-refractivity contribution in [2.75, 3.05) is 0 Å². The second-order valence-electron chi connectivity index (χ2n) is 4.69. The van der Waals surface area contributed by atoms with Crippen molar-refractivity contribution in [2.24, 2.45) is 0 Å². The van der Waals surface area contributed by atoms with Crippen LogP contribution in [0.4, 0.5) is 0 Å². The van der Waals surface area contributed by atoms with Gasteiger partial charge in [-0.05, 0) is 36.4 Å². The van der Waals surface area contributed by atoms with E-state index in [0.29, 0.717) is 6.61 Å². The highest BCUT2D eigenvalue weighted by atomic mass is 32.2. The van der Waals surface area contributed by atoms with Gasteiger partial charge in [0.25, 0.3) is 0 Å². The smallest absolute Gasteiger partial charge is 0.225 e. The van der Waals surface area contributed by atoms with Crippen molar-refractivity contribution in [1.29, 1.82) is 0 Å². The Bertz CT molecular complexity index is 555. The minimum atomic E-state index is -0.850. The van der Waals surface area contributed by atoms with E-state index in [1.807, 2.05) is 60.7 Å². The van der Waals surface area contributed by atoms with Crippen molar-refractivity contribution in [2.45, 2.75) is 30.6 Å². The van der Waals surface area contributed by atoms with Crippen LogP contribution in [0.5, 0.6) is 0 Å². The van der Waals surface area contributed by atoms with Gasteiger partial charge in [0.1, 0.15) is 0 Å². The molecule has 0 bridgehead atoms. The van der Waals surface area contributed by atoms with Gasteiger partial charge in [-0.1, -0.05) is 48.5 Å². The van der Waals surface area contributed by atoms with Crippen LogP contribution in [0, 0.1) is 0 Å². The molecule has 0 radical (unpaired) electrons. The van der Waals surface area contributed by atoms with Gasteiger partial charge >= 0.3 is 0 Å². The lowest BCUT2D eigenvalue weighted by atomic mass is 10.2. The number of carbonyl (C=O) groups is 1. The molecule has 0 spiro atoms. The van der Waals surface area contributed by atoms with Crippen LogP contribution in [0.2, 0.25) is 0 Å². The van der Waals surface area contributed by atoms with Gasteiger partial charge in [-0.25, -0.2) is 0 Å². The fourth-order valence-electron chi connectivity index (χ4n) is 1.83. The maximum atomic E-state index is 12.3. The Balaban J connectivity index is 1.96. The Morgan fingerprint density at radius 2 is 1.67 bits per heavy atom. The number of hydrogen-bond acceptors (Lipinski definition) is 4. The van der Waals surface area contributed by atoms with E-state index in [1.165, 1.54) is 0 Å². The third-order valence-electron chi connectivity index (χ3n) is 2.90. The van der Waals surface area contributed by atoms with Gasteiger partial charge in [0.05, 0.1) is 12.7 Å². The van der Waals surface area contributed by atoms with E-state index in [1.54, 1.807) is 6.92 Å². The highest BCUT2D eigenvalue weighted by Crippen LogP contribution is 2.22. The number of ether oxygens (including phenoxy) is 1. The van der Waals surface area contributed by atoms with Crippen LogP contribution in [0.15, 0.2) is 65.6 Å². The number of benzene rings is 2. The van der Waals surface area contributed by atoms with Crippen LogP contribution in [0.1, 0.15) is 12.5 Å². The maximum absolute atomic E-state index is 12.3. The minimum Gasteiger partial charge on any atom is -0.390 e. The minimum absolute atomic E-state index is 0.188. The van der Waals surface area contributed by atoms with Gasteiger partial charge in [0.2, 0.25) is 5.12 Å². The first-order valence-electron chi connectivity index (χ1n) is 6.77.